The lowest BCUT2D eigenvalue weighted by molar-refractivity contribution is -0.117. The minimum absolute atomic E-state index is 0.0772. The standard InChI is InChI=1S/C27H28N2O4/c1-4-33-24-14-11-19(15-25(24)32-3)23(16-26(30)28-21-12-9-18(2)10-13-21)29-17-20-7-5-6-8-22(20)27(29)31/h5-15,23H,4,16-17H2,1-3H3,(H,28,30)/t23-/m0/s1. The van der Waals surface area contributed by atoms with Crippen molar-refractivity contribution in [3.05, 3.63) is 89.0 Å². The molecule has 0 radical (unpaired) electrons. The molecule has 6 heteroatoms. The van der Waals surface area contributed by atoms with Crippen molar-refractivity contribution in [2.24, 2.45) is 0 Å². The van der Waals surface area contributed by atoms with Gasteiger partial charge in [-0.1, -0.05) is 42.0 Å². The van der Waals surface area contributed by atoms with Crippen molar-refractivity contribution in [1.82, 2.24) is 4.90 Å². The van der Waals surface area contributed by atoms with Crippen LogP contribution in [0.5, 0.6) is 11.5 Å². The van der Waals surface area contributed by atoms with Crippen molar-refractivity contribution in [1.29, 1.82) is 0 Å². The highest BCUT2D eigenvalue weighted by atomic mass is 16.5. The Labute approximate surface area is 194 Å². The highest BCUT2D eigenvalue weighted by Crippen LogP contribution is 2.37. The lowest BCUT2D eigenvalue weighted by Gasteiger charge is -2.28. The predicted molar refractivity (Wildman–Crippen MR) is 128 cm³/mol. The summed E-state index contributed by atoms with van der Waals surface area (Å²) >= 11 is 0. The number of aryl methyl sites for hydroxylation is 1. The number of benzene rings is 3. The maximum Gasteiger partial charge on any atom is 0.255 e. The maximum atomic E-state index is 13.3. The first kappa shape index (κ1) is 22.4. The Morgan fingerprint density at radius 1 is 1.06 bits per heavy atom. The van der Waals surface area contributed by atoms with E-state index >= 15 is 0 Å². The molecule has 170 valence electrons. The zero-order chi connectivity index (χ0) is 23.4. The summed E-state index contributed by atoms with van der Waals surface area (Å²) < 4.78 is 11.2. The summed E-state index contributed by atoms with van der Waals surface area (Å²) in [7, 11) is 1.58. The van der Waals surface area contributed by atoms with Gasteiger partial charge in [-0.25, -0.2) is 0 Å². The maximum absolute atomic E-state index is 13.3. The van der Waals surface area contributed by atoms with Crippen molar-refractivity contribution in [3.8, 4) is 11.5 Å². The quantitative estimate of drug-likeness (QED) is 0.523. The fraction of sp³-hybridized carbons (Fsp3) is 0.259. The average molecular weight is 445 g/mol. The molecule has 0 spiro atoms. The molecule has 33 heavy (non-hydrogen) atoms. The van der Waals surface area contributed by atoms with E-state index in [9.17, 15) is 9.59 Å². The molecule has 1 N–H and O–H groups in total. The summed E-state index contributed by atoms with van der Waals surface area (Å²) in [5.41, 5.74) is 4.30. The van der Waals surface area contributed by atoms with E-state index in [2.05, 4.69) is 5.32 Å². The SMILES string of the molecule is CCOc1ccc([C@H](CC(=O)Nc2ccc(C)cc2)N2Cc3ccccc3C2=O)cc1OC. The zero-order valence-corrected chi connectivity index (χ0v) is 19.1. The van der Waals surface area contributed by atoms with Crippen LogP contribution < -0.4 is 14.8 Å². The number of amides is 2. The molecule has 6 nitrogen and oxygen atoms in total. The van der Waals surface area contributed by atoms with Crippen molar-refractivity contribution < 1.29 is 19.1 Å². The summed E-state index contributed by atoms with van der Waals surface area (Å²) in [4.78, 5) is 28.0. The molecular weight excluding hydrogens is 416 g/mol. The molecule has 1 atom stereocenters. The summed E-state index contributed by atoms with van der Waals surface area (Å²) in [6, 6.07) is 20.3. The van der Waals surface area contributed by atoms with Crippen molar-refractivity contribution >= 4 is 17.5 Å². The molecule has 0 unspecified atom stereocenters. The number of nitrogens with one attached hydrogen (secondary N) is 1. The van der Waals surface area contributed by atoms with Crippen LogP contribution in [0, 0.1) is 6.92 Å². The minimum atomic E-state index is -0.458. The van der Waals surface area contributed by atoms with E-state index in [-0.39, 0.29) is 18.2 Å². The molecule has 0 bridgehead atoms. The number of fused-ring (bicyclic) bond motifs is 1. The highest BCUT2D eigenvalue weighted by Gasteiger charge is 2.34. The van der Waals surface area contributed by atoms with Gasteiger partial charge in [-0.15, -0.1) is 0 Å². The number of carbonyl (C=O) groups is 2. The lowest BCUT2D eigenvalue weighted by Crippen LogP contribution is -2.32. The molecule has 1 aliphatic rings. The Kier molecular flexibility index (Phi) is 6.63. The number of anilines is 1. The zero-order valence-electron chi connectivity index (χ0n) is 19.1. The number of carbonyl (C=O) groups excluding carboxylic acids is 2. The molecule has 1 heterocycles. The minimum Gasteiger partial charge on any atom is -0.493 e. The number of hydrogen-bond donors (Lipinski definition) is 1. The van der Waals surface area contributed by atoms with Crippen LogP contribution in [0.3, 0.4) is 0 Å². The van der Waals surface area contributed by atoms with Crippen molar-refractivity contribution in [2.75, 3.05) is 19.0 Å². The lowest BCUT2D eigenvalue weighted by atomic mass is 10.0. The van der Waals surface area contributed by atoms with E-state index in [1.165, 1.54) is 0 Å². The van der Waals surface area contributed by atoms with Crippen LogP contribution in [0.1, 0.15) is 46.4 Å². The largest absolute Gasteiger partial charge is 0.493 e. The molecule has 2 amide bonds. The Morgan fingerprint density at radius 2 is 1.82 bits per heavy atom. The van der Waals surface area contributed by atoms with E-state index < -0.39 is 6.04 Å². The van der Waals surface area contributed by atoms with Gasteiger partial charge in [0.05, 0.1) is 26.2 Å². The van der Waals surface area contributed by atoms with Crippen LogP contribution >= 0.6 is 0 Å². The summed E-state index contributed by atoms with van der Waals surface area (Å²) in [6.07, 6.45) is 0.116. The third kappa shape index (κ3) is 4.85. The molecule has 0 saturated heterocycles. The molecule has 4 rings (SSSR count). The number of nitrogens with zero attached hydrogens (tertiary/aromatic N) is 1. The van der Waals surface area contributed by atoms with Gasteiger partial charge in [-0.3, -0.25) is 9.59 Å². The second kappa shape index (κ2) is 9.77. The number of methoxy groups -OCH3 is 1. The van der Waals surface area contributed by atoms with Gasteiger partial charge >= 0.3 is 0 Å². The molecule has 0 aliphatic carbocycles. The molecule has 1 aliphatic heterocycles. The van der Waals surface area contributed by atoms with Gasteiger partial charge in [0.15, 0.2) is 11.5 Å². The van der Waals surface area contributed by atoms with E-state index in [0.717, 1.165) is 22.4 Å². The summed E-state index contributed by atoms with van der Waals surface area (Å²) in [5.74, 6) is 0.956. The van der Waals surface area contributed by atoms with E-state index in [1.54, 1.807) is 12.0 Å². The van der Waals surface area contributed by atoms with Crippen LogP contribution in [0.25, 0.3) is 0 Å². The highest BCUT2D eigenvalue weighted by molar-refractivity contribution is 5.99. The van der Waals surface area contributed by atoms with E-state index in [1.807, 2.05) is 80.6 Å². The summed E-state index contributed by atoms with van der Waals surface area (Å²) in [5, 5.41) is 2.96. The smallest absolute Gasteiger partial charge is 0.255 e. The second-order valence-electron chi connectivity index (χ2n) is 8.07. The van der Waals surface area contributed by atoms with E-state index in [0.29, 0.717) is 30.2 Å². The molecular formula is C27H28N2O4. The van der Waals surface area contributed by atoms with Gasteiger partial charge in [0.1, 0.15) is 0 Å². The van der Waals surface area contributed by atoms with Crippen LogP contribution in [-0.4, -0.2) is 30.4 Å². The van der Waals surface area contributed by atoms with Gasteiger partial charge in [-0.2, -0.15) is 0 Å². The Morgan fingerprint density at radius 3 is 2.52 bits per heavy atom. The number of ether oxygens (including phenoxy) is 2. The second-order valence-corrected chi connectivity index (χ2v) is 8.07. The molecule has 0 fully saturated rings. The average Bonchev–Trinajstić information content (AvgIpc) is 3.16. The van der Waals surface area contributed by atoms with Crippen LogP contribution in [0.2, 0.25) is 0 Å². The molecule has 0 aromatic heterocycles. The predicted octanol–water partition coefficient (Wildman–Crippen LogP) is 5.13. The van der Waals surface area contributed by atoms with Crippen molar-refractivity contribution in [2.45, 2.75) is 32.9 Å². The van der Waals surface area contributed by atoms with Gasteiger partial charge in [0, 0.05) is 17.8 Å². The first-order valence-corrected chi connectivity index (χ1v) is 11.1. The monoisotopic (exact) mass is 444 g/mol. The summed E-state index contributed by atoms with van der Waals surface area (Å²) in [6.45, 7) is 4.87. The van der Waals surface area contributed by atoms with Gasteiger partial charge in [0.25, 0.3) is 5.91 Å². The fourth-order valence-electron chi connectivity index (χ4n) is 4.13. The number of hydrogen-bond acceptors (Lipinski definition) is 4. The molecule has 3 aromatic rings. The van der Waals surface area contributed by atoms with Gasteiger partial charge in [0.2, 0.25) is 5.91 Å². The van der Waals surface area contributed by atoms with Gasteiger partial charge in [-0.05, 0) is 55.3 Å². The Bertz CT molecular complexity index is 1160. The Balaban J connectivity index is 1.65. The normalized spacial score (nSPS) is 13.4. The van der Waals surface area contributed by atoms with Crippen molar-refractivity contribution in [3.63, 3.8) is 0 Å². The third-order valence-corrected chi connectivity index (χ3v) is 5.81. The molecule has 3 aromatic carbocycles. The third-order valence-electron chi connectivity index (χ3n) is 5.81. The fourth-order valence-corrected chi connectivity index (χ4v) is 4.13. The number of rotatable bonds is 8. The Hall–Kier alpha value is -3.80. The van der Waals surface area contributed by atoms with Crippen LogP contribution in [-0.2, 0) is 11.3 Å². The molecule has 0 saturated carbocycles. The van der Waals surface area contributed by atoms with Crippen LogP contribution in [0.4, 0.5) is 5.69 Å². The van der Waals surface area contributed by atoms with E-state index in [4.69, 9.17) is 9.47 Å². The first-order chi connectivity index (χ1) is 16.0. The van der Waals surface area contributed by atoms with Gasteiger partial charge < -0.3 is 19.7 Å². The topological polar surface area (TPSA) is 67.9 Å². The van der Waals surface area contributed by atoms with Crippen LogP contribution in [0.15, 0.2) is 66.7 Å². The first-order valence-electron chi connectivity index (χ1n) is 11.1.